The number of amides is 1. The Morgan fingerprint density at radius 1 is 1.18 bits per heavy atom. The van der Waals surface area contributed by atoms with E-state index in [-0.39, 0.29) is 32.8 Å². The Morgan fingerprint density at radius 2 is 1.79 bits per heavy atom. The van der Waals surface area contributed by atoms with Gasteiger partial charge in [0.25, 0.3) is 10.2 Å². The number of alkyl carbamates (subject to hydrolysis) is 1. The molecule has 2 N–H and O–H groups in total. The molecule has 14 nitrogen and oxygen atoms in total. The van der Waals surface area contributed by atoms with Crippen LogP contribution in [-0.2, 0) is 33.8 Å². The molecular weight excluding hydrogens is 531 g/mol. The number of hydrogen-bond acceptors (Lipinski definition) is 9. The summed E-state index contributed by atoms with van der Waals surface area (Å²) in [5, 5.41) is 6.28. The Kier molecular flexibility index (Phi) is 10.7. The monoisotopic (exact) mass is 574 g/mol. The standard InChI is InChI=1S/C23H43BN6O8S/c1-9-35-18(31)23(28-29-25)16-30(39(33,34)27-14-13-26-19(32)36-20(2,3)4)15-17(23)11-10-12-24-37-21(5,6)22(7,8)38-24/h17,27H,9-16H2,1-8H3,(H,26,32)/t17-,23?/m0/s1. The first kappa shape index (κ1) is 33.1. The predicted octanol–water partition coefficient (Wildman–Crippen LogP) is 2.76. The first-order valence-electron chi connectivity index (χ1n) is 13.2. The topological polar surface area (TPSA) is 181 Å². The van der Waals surface area contributed by atoms with Crippen molar-refractivity contribution in [1.82, 2.24) is 14.3 Å². The highest BCUT2D eigenvalue weighted by Crippen LogP contribution is 2.40. The summed E-state index contributed by atoms with van der Waals surface area (Å²) < 4.78 is 52.1. The minimum atomic E-state index is -4.08. The number of carbonyl (C=O) groups excluding carboxylic acids is 2. The molecule has 0 bridgehead atoms. The third-order valence-corrected chi connectivity index (χ3v) is 8.61. The first-order valence-corrected chi connectivity index (χ1v) is 14.6. The van der Waals surface area contributed by atoms with E-state index < -0.39 is 57.7 Å². The van der Waals surface area contributed by atoms with E-state index in [1.165, 1.54) is 0 Å². The van der Waals surface area contributed by atoms with E-state index in [1.807, 2.05) is 27.7 Å². The van der Waals surface area contributed by atoms with Crippen LogP contribution in [-0.4, -0.2) is 87.0 Å². The lowest BCUT2D eigenvalue weighted by Gasteiger charge is -2.32. The maximum atomic E-state index is 13.1. The van der Waals surface area contributed by atoms with E-state index in [0.29, 0.717) is 19.2 Å². The van der Waals surface area contributed by atoms with Gasteiger partial charge in [0.1, 0.15) is 5.60 Å². The molecule has 2 aliphatic heterocycles. The zero-order chi connectivity index (χ0) is 29.7. The summed E-state index contributed by atoms with van der Waals surface area (Å²) in [5.41, 5.74) is 5.93. The molecule has 0 spiro atoms. The zero-order valence-corrected chi connectivity index (χ0v) is 25.1. The summed E-state index contributed by atoms with van der Waals surface area (Å²) in [6, 6.07) is 0. The molecule has 1 amide bonds. The highest BCUT2D eigenvalue weighted by molar-refractivity contribution is 7.87. The third-order valence-electron chi connectivity index (χ3n) is 7.08. The van der Waals surface area contributed by atoms with Crippen molar-refractivity contribution in [2.45, 2.75) is 96.9 Å². The van der Waals surface area contributed by atoms with Gasteiger partial charge in [-0.05, 0) is 79.6 Å². The Hall–Kier alpha value is -2.10. The molecule has 0 saturated carbocycles. The smallest absolute Gasteiger partial charge is 0.457 e. The van der Waals surface area contributed by atoms with Crippen LogP contribution >= 0.6 is 0 Å². The second kappa shape index (κ2) is 12.6. The van der Waals surface area contributed by atoms with Crippen molar-refractivity contribution in [3.8, 4) is 0 Å². The van der Waals surface area contributed by atoms with Gasteiger partial charge < -0.3 is 24.1 Å². The van der Waals surface area contributed by atoms with Gasteiger partial charge in [-0.25, -0.2) is 9.52 Å². The van der Waals surface area contributed by atoms with Crippen molar-refractivity contribution < 1.29 is 36.8 Å². The number of carbonyl (C=O) groups is 2. The molecule has 1 unspecified atom stereocenters. The van der Waals surface area contributed by atoms with Gasteiger partial charge in [0.2, 0.25) is 0 Å². The van der Waals surface area contributed by atoms with Crippen LogP contribution in [0.3, 0.4) is 0 Å². The molecule has 2 aliphatic rings. The minimum Gasteiger partial charge on any atom is -0.465 e. The van der Waals surface area contributed by atoms with E-state index in [9.17, 15) is 23.5 Å². The molecule has 2 saturated heterocycles. The maximum Gasteiger partial charge on any atom is 0.457 e. The lowest BCUT2D eigenvalue weighted by atomic mass is 9.78. The SMILES string of the molecule is CCOC(=O)C1(N=[N+]=[N-])CN(S(=O)(=O)NCCNC(=O)OC(C)(C)C)C[C@@H]1CCCB1OC(C)(C)C(C)(C)O1. The lowest BCUT2D eigenvalue weighted by molar-refractivity contribution is -0.150. The number of rotatable bonds is 12. The fraction of sp³-hybridized carbons (Fsp3) is 0.913. The van der Waals surface area contributed by atoms with Crippen molar-refractivity contribution in [1.29, 1.82) is 0 Å². The zero-order valence-electron chi connectivity index (χ0n) is 24.3. The molecule has 2 rings (SSSR count). The van der Waals surface area contributed by atoms with Crippen molar-refractivity contribution in [2.75, 3.05) is 32.8 Å². The van der Waals surface area contributed by atoms with Crippen molar-refractivity contribution in [3.63, 3.8) is 0 Å². The van der Waals surface area contributed by atoms with Crippen LogP contribution in [0.1, 0.15) is 68.2 Å². The summed E-state index contributed by atoms with van der Waals surface area (Å²) in [6.45, 7) is 14.1. The van der Waals surface area contributed by atoms with Crippen molar-refractivity contribution in [3.05, 3.63) is 10.4 Å². The summed E-state index contributed by atoms with van der Waals surface area (Å²) in [5.74, 6) is -1.40. The summed E-state index contributed by atoms with van der Waals surface area (Å²) in [7, 11) is -4.54. The average molecular weight is 575 g/mol. The third kappa shape index (κ3) is 8.45. The maximum absolute atomic E-state index is 13.1. The lowest BCUT2D eigenvalue weighted by Crippen LogP contribution is -2.48. The fourth-order valence-electron chi connectivity index (χ4n) is 4.46. The quantitative estimate of drug-likeness (QED) is 0.0891. The van der Waals surface area contributed by atoms with Crippen LogP contribution < -0.4 is 10.0 Å². The number of nitrogens with one attached hydrogen (secondary N) is 2. The number of hydrogen-bond donors (Lipinski definition) is 2. The molecule has 0 aromatic carbocycles. The van der Waals surface area contributed by atoms with Gasteiger partial charge in [-0.15, -0.1) is 0 Å². The van der Waals surface area contributed by atoms with E-state index in [0.717, 1.165) is 4.31 Å². The molecule has 2 heterocycles. The van der Waals surface area contributed by atoms with Crippen molar-refractivity contribution in [2.24, 2.45) is 11.0 Å². The van der Waals surface area contributed by atoms with E-state index >= 15 is 0 Å². The van der Waals surface area contributed by atoms with E-state index in [1.54, 1.807) is 27.7 Å². The van der Waals surface area contributed by atoms with Crippen LogP contribution in [0.4, 0.5) is 4.79 Å². The molecule has 0 aromatic rings. The highest BCUT2D eigenvalue weighted by atomic mass is 32.2. The van der Waals surface area contributed by atoms with Crippen molar-refractivity contribution >= 4 is 29.4 Å². The molecule has 39 heavy (non-hydrogen) atoms. The Balaban J connectivity index is 2.09. The number of ether oxygens (including phenoxy) is 2. The summed E-state index contributed by atoms with van der Waals surface area (Å²) in [6.07, 6.45) is 0.744. The van der Waals surface area contributed by atoms with Gasteiger partial charge in [-0.1, -0.05) is 11.5 Å². The molecule has 0 radical (unpaired) electrons. The molecule has 2 atom stereocenters. The van der Waals surface area contributed by atoms with E-state index in [4.69, 9.17) is 18.8 Å². The van der Waals surface area contributed by atoms with Gasteiger partial charge in [-0.3, -0.25) is 4.79 Å². The van der Waals surface area contributed by atoms with Crippen LogP contribution in [0.5, 0.6) is 0 Å². The Morgan fingerprint density at radius 3 is 2.33 bits per heavy atom. The molecule has 0 aromatic heterocycles. The Labute approximate surface area is 231 Å². The molecule has 0 aliphatic carbocycles. The predicted molar refractivity (Wildman–Crippen MR) is 145 cm³/mol. The Bertz CT molecular complexity index is 1030. The van der Waals surface area contributed by atoms with Gasteiger partial charge >= 0.3 is 19.2 Å². The van der Waals surface area contributed by atoms with Gasteiger partial charge in [-0.2, -0.15) is 12.7 Å². The van der Waals surface area contributed by atoms with Crippen LogP contribution in [0, 0.1) is 5.92 Å². The average Bonchev–Trinajstić information content (AvgIpc) is 3.25. The minimum absolute atomic E-state index is 0.0150. The molecule has 2 fully saturated rings. The molecule has 16 heteroatoms. The number of azide groups is 1. The number of nitrogens with zero attached hydrogens (tertiary/aromatic N) is 4. The second-order valence-electron chi connectivity index (χ2n) is 11.8. The highest BCUT2D eigenvalue weighted by Gasteiger charge is 2.56. The summed E-state index contributed by atoms with van der Waals surface area (Å²) >= 11 is 0. The fourth-order valence-corrected chi connectivity index (χ4v) is 5.74. The van der Waals surface area contributed by atoms with Gasteiger partial charge in [0, 0.05) is 31.1 Å². The van der Waals surface area contributed by atoms with Crippen LogP contribution in [0.2, 0.25) is 6.32 Å². The molecule has 222 valence electrons. The summed E-state index contributed by atoms with van der Waals surface area (Å²) in [4.78, 5) is 27.7. The van der Waals surface area contributed by atoms with Crippen LogP contribution in [0.15, 0.2) is 5.11 Å². The van der Waals surface area contributed by atoms with Crippen LogP contribution in [0.25, 0.3) is 10.4 Å². The molecular formula is C23H43BN6O8S. The van der Waals surface area contributed by atoms with Gasteiger partial charge in [0.15, 0.2) is 5.54 Å². The normalized spacial score (nSPS) is 24.7. The largest absolute Gasteiger partial charge is 0.465 e. The number of esters is 1. The van der Waals surface area contributed by atoms with E-state index in [2.05, 4.69) is 20.1 Å². The second-order valence-corrected chi connectivity index (χ2v) is 13.5. The first-order chi connectivity index (χ1) is 17.9. The van der Waals surface area contributed by atoms with Gasteiger partial charge in [0.05, 0.1) is 17.8 Å².